The van der Waals surface area contributed by atoms with Crippen molar-refractivity contribution in [2.75, 3.05) is 34.0 Å². The van der Waals surface area contributed by atoms with Crippen LogP contribution in [0.2, 0.25) is 0 Å². The van der Waals surface area contributed by atoms with E-state index >= 15 is 0 Å². The number of ether oxygens (including phenoxy) is 5. The average Bonchev–Trinajstić information content (AvgIpc) is 3.30. The van der Waals surface area contributed by atoms with Crippen molar-refractivity contribution in [1.82, 2.24) is 0 Å². The van der Waals surface area contributed by atoms with Gasteiger partial charge in [-0.05, 0) is 42.2 Å². The molecule has 2 heterocycles. The highest BCUT2D eigenvalue weighted by atomic mass is 16.7. The Balaban J connectivity index is 1.64. The number of aryl methyl sites for hydroxylation is 1. The van der Waals surface area contributed by atoms with Gasteiger partial charge in [-0.2, -0.15) is 0 Å². The number of rotatable bonds is 10. The summed E-state index contributed by atoms with van der Waals surface area (Å²) in [6, 6.07) is 8.83. The lowest BCUT2D eigenvalue weighted by molar-refractivity contribution is -0.277. The van der Waals surface area contributed by atoms with Crippen molar-refractivity contribution in [1.29, 1.82) is 0 Å². The Morgan fingerprint density at radius 2 is 1.59 bits per heavy atom. The number of aliphatic hydroxyl groups excluding tert-OH is 6. The van der Waals surface area contributed by atoms with Crippen LogP contribution < -0.4 is 18.9 Å². The predicted molar refractivity (Wildman–Crippen MR) is 129 cm³/mol. The minimum absolute atomic E-state index is 0.0605. The van der Waals surface area contributed by atoms with Gasteiger partial charge in [0, 0.05) is 12.2 Å². The second kappa shape index (κ2) is 11.8. The summed E-state index contributed by atoms with van der Waals surface area (Å²) in [6.07, 6.45) is -6.60. The Morgan fingerprint density at radius 1 is 0.838 bits per heavy atom. The van der Waals surface area contributed by atoms with Crippen LogP contribution in [0.1, 0.15) is 35.1 Å². The van der Waals surface area contributed by atoms with Crippen molar-refractivity contribution in [3.05, 3.63) is 47.0 Å². The van der Waals surface area contributed by atoms with Gasteiger partial charge in [0.05, 0.1) is 33.4 Å². The molecule has 0 saturated carbocycles. The normalized spacial score (nSPS) is 28.9. The summed E-state index contributed by atoms with van der Waals surface area (Å²) in [5.74, 6) is 1.09. The summed E-state index contributed by atoms with van der Waals surface area (Å²) in [7, 11) is 2.97. The van der Waals surface area contributed by atoms with Gasteiger partial charge in [-0.15, -0.1) is 0 Å². The molecule has 6 N–H and O–H groups in total. The van der Waals surface area contributed by atoms with Crippen molar-refractivity contribution in [2.24, 2.45) is 0 Å². The molecule has 0 amide bonds. The van der Waals surface area contributed by atoms with Crippen molar-refractivity contribution < 1.29 is 54.3 Å². The van der Waals surface area contributed by atoms with Crippen LogP contribution in [0.3, 0.4) is 0 Å². The Morgan fingerprint density at radius 3 is 2.24 bits per heavy atom. The maximum absolute atomic E-state index is 10.4. The fourth-order valence-corrected chi connectivity index (χ4v) is 4.78. The molecule has 2 aromatic carbocycles. The zero-order valence-corrected chi connectivity index (χ0v) is 20.7. The standard InChI is InChI=1S/C26H34O11/c1-33-17-6-5-14(10-18(17)35-26-23(32)22(31)21(30)20(12-29)36-26)24-16(11-28)15-8-13(4-3-7-27)9-19(34-2)25(15)37-24/h5-6,8-10,16,20-24,26-32H,3-4,7,11-12H2,1-2H3/t16-,20+,21+,22-,23+,24-,26+/m1/s1. The summed E-state index contributed by atoms with van der Waals surface area (Å²) in [4.78, 5) is 0. The first-order valence-corrected chi connectivity index (χ1v) is 12.1. The van der Waals surface area contributed by atoms with Crippen LogP contribution in [0.4, 0.5) is 0 Å². The van der Waals surface area contributed by atoms with Gasteiger partial charge in [0.2, 0.25) is 6.29 Å². The van der Waals surface area contributed by atoms with Gasteiger partial charge in [0.15, 0.2) is 23.0 Å². The molecule has 204 valence electrons. The second-order valence-corrected chi connectivity index (χ2v) is 9.10. The highest BCUT2D eigenvalue weighted by molar-refractivity contribution is 5.56. The van der Waals surface area contributed by atoms with E-state index in [2.05, 4.69) is 0 Å². The summed E-state index contributed by atoms with van der Waals surface area (Å²) in [6.45, 7) is -0.735. The zero-order valence-electron chi connectivity index (χ0n) is 20.7. The molecule has 37 heavy (non-hydrogen) atoms. The predicted octanol–water partition coefficient (Wildman–Crippen LogP) is 0.0170. The molecule has 2 aliphatic rings. The number of benzene rings is 2. The number of hydrogen-bond donors (Lipinski definition) is 6. The van der Waals surface area contributed by atoms with Crippen molar-refractivity contribution >= 4 is 0 Å². The molecule has 0 bridgehead atoms. The smallest absolute Gasteiger partial charge is 0.229 e. The van der Waals surface area contributed by atoms with Crippen LogP contribution >= 0.6 is 0 Å². The molecule has 7 atom stereocenters. The average molecular weight is 523 g/mol. The largest absolute Gasteiger partial charge is 0.493 e. The summed E-state index contributed by atoms with van der Waals surface area (Å²) < 4.78 is 28.5. The summed E-state index contributed by atoms with van der Waals surface area (Å²) in [5.41, 5.74) is 2.37. The van der Waals surface area contributed by atoms with Crippen LogP contribution in [-0.2, 0) is 11.2 Å². The molecule has 2 aromatic rings. The molecule has 0 spiro atoms. The van der Waals surface area contributed by atoms with E-state index < -0.39 is 49.3 Å². The van der Waals surface area contributed by atoms with E-state index in [4.69, 9.17) is 23.7 Å². The van der Waals surface area contributed by atoms with Crippen molar-refractivity contribution in [3.8, 4) is 23.0 Å². The van der Waals surface area contributed by atoms with E-state index in [1.807, 2.05) is 12.1 Å². The van der Waals surface area contributed by atoms with Gasteiger partial charge >= 0.3 is 0 Å². The highest BCUT2D eigenvalue weighted by Gasteiger charge is 2.45. The number of methoxy groups -OCH3 is 2. The Kier molecular flexibility index (Phi) is 8.75. The Labute approximate surface area is 214 Å². The first kappa shape index (κ1) is 27.4. The number of aliphatic hydroxyl groups is 6. The molecule has 0 aliphatic carbocycles. The lowest BCUT2D eigenvalue weighted by Gasteiger charge is -2.39. The topological polar surface area (TPSA) is 168 Å². The van der Waals surface area contributed by atoms with Crippen LogP contribution in [0.25, 0.3) is 0 Å². The first-order valence-electron chi connectivity index (χ1n) is 12.1. The third-order valence-corrected chi connectivity index (χ3v) is 6.80. The second-order valence-electron chi connectivity index (χ2n) is 9.10. The van der Waals surface area contributed by atoms with E-state index in [-0.39, 0.29) is 19.0 Å². The molecule has 11 heteroatoms. The maximum atomic E-state index is 10.4. The third kappa shape index (κ3) is 5.34. The van der Waals surface area contributed by atoms with Crippen LogP contribution in [-0.4, -0.2) is 95.4 Å². The van der Waals surface area contributed by atoms with Gasteiger partial charge < -0.3 is 54.3 Å². The Bertz CT molecular complexity index is 1060. The summed E-state index contributed by atoms with van der Waals surface area (Å²) in [5, 5.41) is 59.6. The molecular weight excluding hydrogens is 488 g/mol. The lowest BCUT2D eigenvalue weighted by atomic mass is 9.90. The van der Waals surface area contributed by atoms with Gasteiger partial charge in [-0.3, -0.25) is 0 Å². The monoisotopic (exact) mass is 522 g/mol. The number of hydrogen-bond acceptors (Lipinski definition) is 11. The van der Waals surface area contributed by atoms with Gasteiger partial charge in [0.1, 0.15) is 30.5 Å². The third-order valence-electron chi connectivity index (χ3n) is 6.80. The van der Waals surface area contributed by atoms with Crippen LogP contribution in [0.5, 0.6) is 23.0 Å². The van der Waals surface area contributed by atoms with Gasteiger partial charge in [-0.1, -0.05) is 12.1 Å². The SMILES string of the molecule is COc1ccc([C@H]2Oc3c(OC)cc(CCCO)cc3[C@H]2CO)cc1O[C@H]1O[C@@H](CO)[C@H](O)[C@@H](O)[C@@H]1O. The molecule has 0 unspecified atom stereocenters. The zero-order chi connectivity index (χ0) is 26.7. The molecule has 0 aromatic heterocycles. The number of fused-ring (bicyclic) bond motifs is 1. The van der Waals surface area contributed by atoms with Crippen molar-refractivity contribution in [2.45, 2.75) is 55.6 Å². The van der Waals surface area contributed by atoms with E-state index in [1.165, 1.54) is 14.2 Å². The van der Waals surface area contributed by atoms with Crippen LogP contribution in [0.15, 0.2) is 30.3 Å². The minimum atomic E-state index is -1.59. The van der Waals surface area contributed by atoms with E-state index in [0.29, 0.717) is 35.7 Å². The fourth-order valence-electron chi connectivity index (χ4n) is 4.78. The van der Waals surface area contributed by atoms with Gasteiger partial charge in [-0.25, -0.2) is 0 Å². The van der Waals surface area contributed by atoms with Crippen molar-refractivity contribution in [3.63, 3.8) is 0 Å². The quantitative estimate of drug-likeness (QED) is 0.249. The molecule has 11 nitrogen and oxygen atoms in total. The molecule has 2 aliphatic heterocycles. The molecular formula is C26H34O11. The lowest BCUT2D eigenvalue weighted by Crippen LogP contribution is -2.60. The molecule has 1 fully saturated rings. The van der Waals surface area contributed by atoms with Gasteiger partial charge in [0.25, 0.3) is 0 Å². The maximum Gasteiger partial charge on any atom is 0.229 e. The minimum Gasteiger partial charge on any atom is -0.493 e. The molecule has 4 rings (SSSR count). The first-order chi connectivity index (χ1) is 17.9. The van der Waals surface area contributed by atoms with Crippen LogP contribution in [0, 0.1) is 0 Å². The fraction of sp³-hybridized carbons (Fsp3) is 0.538. The molecule has 0 radical (unpaired) electrons. The highest BCUT2D eigenvalue weighted by Crippen LogP contribution is 2.51. The van der Waals surface area contributed by atoms with E-state index in [9.17, 15) is 30.6 Å². The Hall–Kier alpha value is -2.64. The van der Waals surface area contributed by atoms with E-state index in [1.54, 1.807) is 18.2 Å². The molecule has 1 saturated heterocycles. The van der Waals surface area contributed by atoms with E-state index in [0.717, 1.165) is 11.1 Å². The summed E-state index contributed by atoms with van der Waals surface area (Å²) >= 11 is 0.